The molecule has 92 valence electrons. The summed E-state index contributed by atoms with van der Waals surface area (Å²) < 4.78 is 3.04. The van der Waals surface area contributed by atoms with Crippen LogP contribution in [0.2, 0.25) is 0 Å². The van der Waals surface area contributed by atoms with Gasteiger partial charge in [-0.2, -0.15) is 0 Å². The predicted octanol–water partition coefficient (Wildman–Crippen LogP) is 3.38. The van der Waals surface area contributed by atoms with Crippen molar-refractivity contribution in [2.45, 2.75) is 0 Å². The minimum atomic E-state index is 0.743. The summed E-state index contributed by atoms with van der Waals surface area (Å²) in [6.07, 6.45) is 1.76. The Morgan fingerprint density at radius 3 is 2.84 bits per heavy atom. The SMILES string of the molecule is Nc1ccc2c(ccc3nc4ncc(Br)cc4n32)c1. The Hall–Kier alpha value is -2.14. The third-order valence-corrected chi connectivity index (χ3v) is 3.64. The van der Waals surface area contributed by atoms with E-state index in [0.717, 1.165) is 37.9 Å². The highest BCUT2D eigenvalue weighted by atomic mass is 79.9. The van der Waals surface area contributed by atoms with Gasteiger partial charge in [0.2, 0.25) is 0 Å². The fraction of sp³-hybridized carbons (Fsp3) is 0. The van der Waals surface area contributed by atoms with Crippen molar-refractivity contribution in [3.05, 3.63) is 47.1 Å². The van der Waals surface area contributed by atoms with Crippen molar-refractivity contribution in [3.8, 4) is 0 Å². The van der Waals surface area contributed by atoms with E-state index in [1.807, 2.05) is 36.4 Å². The molecule has 0 aliphatic carbocycles. The molecule has 3 aromatic heterocycles. The second-order valence-electron chi connectivity index (χ2n) is 4.45. The molecule has 1 aromatic carbocycles. The topological polar surface area (TPSA) is 56.2 Å². The molecule has 0 saturated carbocycles. The zero-order valence-electron chi connectivity index (χ0n) is 9.84. The quantitative estimate of drug-likeness (QED) is 0.506. The van der Waals surface area contributed by atoms with E-state index in [-0.39, 0.29) is 0 Å². The van der Waals surface area contributed by atoms with Crippen molar-refractivity contribution in [3.63, 3.8) is 0 Å². The Labute approximate surface area is 117 Å². The first-order valence-corrected chi connectivity index (χ1v) is 6.64. The fourth-order valence-electron chi connectivity index (χ4n) is 2.39. The molecule has 19 heavy (non-hydrogen) atoms. The molecular formula is C14H9BrN4. The molecule has 0 amide bonds. The van der Waals surface area contributed by atoms with Gasteiger partial charge in [0.25, 0.3) is 0 Å². The van der Waals surface area contributed by atoms with Crippen LogP contribution < -0.4 is 5.73 Å². The van der Waals surface area contributed by atoms with Gasteiger partial charge in [-0.15, -0.1) is 0 Å². The number of nitrogen functional groups attached to an aromatic ring is 1. The molecule has 0 saturated heterocycles. The Bertz CT molecular complexity index is 942. The van der Waals surface area contributed by atoms with E-state index < -0.39 is 0 Å². The third kappa shape index (κ3) is 1.51. The maximum atomic E-state index is 5.84. The van der Waals surface area contributed by atoms with Gasteiger partial charge in [0, 0.05) is 21.7 Å². The average Bonchev–Trinajstić information content (AvgIpc) is 2.76. The van der Waals surface area contributed by atoms with Gasteiger partial charge in [-0.3, -0.25) is 4.40 Å². The van der Waals surface area contributed by atoms with Crippen LogP contribution in [-0.2, 0) is 0 Å². The molecule has 0 atom stereocenters. The van der Waals surface area contributed by atoms with E-state index >= 15 is 0 Å². The number of benzene rings is 1. The summed E-state index contributed by atoms with van der Waals surface area (Å²) in [7, 11) is 0. The molecule has 4 aromatic rings. The Morgan fingerprint density at radius 1 is 1.05 bits per heavy atom. The minimum absolute atomic E-state index is 0.743. The average molecular weight is 313 g/mol. The normalized spacial score (nSPS) is 11.6. The second kappa shape index (κ2) is 3.68. The Balaban J connectivity index is 2.30. The Morgan fingerprint density at radius 2 is 1.95 bits per heavy atom. The fourth-order valence-corrected chi connectivity index (χ4v) is 2.71. The number of halogens is 1. The summed E-state index contributed by atoms with van der Waals surface area (Å²) in [4.78, 5) is 8.87. The molecule has 3 heterocycles. The van der Waals surface area contributed by atoms with Gasteiger partial charge in [-0.05, 0) is 52.3 Å². The highest BCUT2D eigenvalue weighted by molar-refractivity contribution is 9.10. The molecular weight excluding hydrogens is 304 g/mol. The first kappa shape index (κ1) is 10.8. The molecule has 0 spiro atoms. The van der Waals surface area contributed by atoms with Gasteiger partial charge in [0.05, 0.1) is 11.0 Å². The van der Waals surface area contributed by atoms with Crippen LogP contribution in [0.5, 0.6) is 0 Å². The summed E-state index contributed by atoms with van der Waals surface area (Å²) in [6.45, 7) is 0. The molecule has 5 heteroatoms. The number of hydrogen-bond donors (Lipinski definition) is 1. The van der Waals surface area contributed by atoms with Crippen LogP contribution in [0.3, 0.4) is 0 Å². The van der Waals surface area contributed by atoms with Crippen LogP contribution in [0.1, 0.15) is 0 Å². The standard InChI is InChI=1S/C14H9BrN4/c15-9-6-12-14(17-7-9)18-13-4-1-8-5-10(16)2-3-11(8)19(12)13/h1-7H,16H2. The molecule has 0 aliphatic heterocycles. The highest BCUT2D eigenvalue weighted by Gasteiger charge is 2.09. The number of fused-ring (bicyclic) bond motifs is 5. The second-order valence-corrected chi connectivity index (χ2v) is 5.37. The Kier molecular flexibility index (Phi) is 2.08. The summed E-state index contributed by atoms with van der Waals surface area (Å²) in [6, 6.07) is 11.9. The molecule has 0 bridgehead atoms. The van der Waals surface area contributed by atoms with E-state index in [1.165, 1.54) is 0 Å². The number of anilines is 1. The predicted molar refractivity (Wildman–Crippen MR) is 80.1 cm³/mol. The minimum Gasteiger partial charge on any atom is -0.399 e. The monoisotopic (exact) mass is 312 g/mol. The lowest BCUT2D eigenvalue weighted by Crippen LogP contribution is -1.90. The largest absolute Gasteiger partial charge is 0.399 e. The lowest BCUT2D eigenvalue weighted by Gasteiger charge is -2.04. The first-order chi connectivity index (χ1) is 9.22. The van der Waals surface area contributed by atoms with Crippen LogP contribution in [0, 0.1) is 0 Å². The van der Waals surface area contributed by atoms with Crippen LogP contribution in [0.4, 0.5) is 5.69 Å². The van der Waals surface area contributed by atoms with Crippen molar-refractivity contribution in [1.82, 2.24) is 14.4 Å². The first-order valence-electron chi connectivity index (χ1n) is 5.84. The van der Waals surface area contributed by atoms with E-state index in [1.54, 1.807) is 6.20 Å². The van der Waals surface area contributed by atoms with Crippen molar-refractivity contribution in [1.29, 1.82) is 0 Å². The summed E-state index contributed by atoms with van der Waals surface area (Å²) in [5.74, 6) is 0. The van der Waals surface area contributed by atoms with Gasteiger partial charge >= 0.3 is 0 Å². The van der Waals surface area contributed by atoms with Gasteiger partial charge in [0.1, 0.15) is 5.65 Å². The highest BCUT2D eigenvalue weighted by Crippen LogP contribution is 2.25. The number of hydrogen-bond acceptors (Lipinski definition) is 3. The molecule has 0 fully saturated rings. The van der Waals surface area contributed by atoms with Crippen LogP contribution in [0.25, 0.3) is 27.7 Å². The summed E-state index contributed by atoms with van der Waals surface area (Å²) in [5.41, 5.74) is 10.3. The number of aromatic nitrogens is 3. The smallest absolute Gasteiger partial charge is 0.178 e. The van der Waals surface area contributed by atoms with Crippen LogP contribution in [-0.4, -0.2) is 14.4 Å². The maximum absolute atomic E-state index is 5.84. The van der Waals surface area contributed by atoms with Gasteiger partial charge in [0.15, 0.2) is 5.65 Å². The third-order valence-electron chi connectivity index (χ3n) is 3.21. The number of nitrogens with zero attached hydrogens (tertiary/aromatic N) is 3. The van der Waals surface area contributed by atoms with E-state index in [9.17, 15) is 0 Å². The summed E-state index contributed by atoms with van der Waals surface area (Å²) in [5, 5.41) is 1.09. The lowest BCUT2D eigenvalue weighted by molar-refractivity contribution is 1.30. The van der Waals surface area contributed by atoms with Crippen LogP contribution in [0.15, 0.2) is 47.1 Å². The molecule has 0 aliphatic rings. The molecule has 0 radical (unpaired) electrons. The van der Waals surface area contributed by atoms with Crippen LogP contribution >= 0.6 is 15.9 Å². The number of pyridine rings is 2. The van der Waals surface area contributed by atoms with Crippen molar-refractivity contribution in [2.75, 3.05) is 5.73 Å². The van der Waals surface area contributed by atoms with Gasteiger partial charge < -0.3 is 5.73 Å². The van der Waals surface area contributed by atoms with Crippen molar-refractivity contribution in [2.24, 2.45) is 0 Å². The van der Waals surface area contributed by atoms with Crippen molar-refractivity contribution < 1.29 is 0 Å². The number of imidazole rings is 1. The van der Waals surface area contributed by atoms with E-state index in [4.69, 9.17) is 5.73 Å². The molecule has 4 rings (SSSR count). The molecule has 2 N–H and O–H groups in total. The summed E-state index contributed by atoms with van der Waals surface area (Å²) >= 11 is 3.45. The molecule has 4 nitrogen and oxygen atoms in total. The zero-order chi connectivity index (χ0) is 13.0. The molecule has 0 unspecified atom stereocenters. The van der Waals surface area contributed by atoms with Gasteiger partial charge in [-0.25, -0.2) is 9.97 Å². The number of rotatable bonds is 0. The van der Waals surface area contributed by atoms with E-state index in [2.05, 4.69) is 30.3 Å². The van der Waals surface area contributed by atoms with Gasteiger partial charge in [-0.1, -0.05) is 0 Å². The maximum Gasteiger partial charge on any atom is 0.178 e. The number of nitrogens with two attached hydrogens (primary N) is 1. The van der Waals surface area contributed by atoms with Crippen molar-refractivity contribution >= 4 is 49.3 Å². The zero-order valence-corrected chi connectivity index (χ0v) is 11.4. The lowest BCUT2D eigenvalue weighted by atomic mass is 10.2. The van der Waals surface area contributed by atoms with E-state index in [0.29, 0.717) is 0 Å².